The van der Waals surface area contributed by atoms with Crippen LogP contribution in [0, 0.1) is 12.7 Å². The Morgan fingerprint density at radius 3 is 2.63 bits per heavy atom. The van der Waals surface area contributed by atoms with Gasteiger partial charge in [0.05, 0.1) is 35.1 Å². The fraction of sp³-hybridized carbons (Fsp3) is 0.286. The monoisotopic (exact) mass is 447 g/mol. The molecule has 0 spiro atoms. The van der Waals surface area contributed by atoms with E-state index >= 15 is 0 Å². The van der Waals surface area contributed by atoms with E-state index in [1.807, 2.05) is 19.1 Å². The highest BCUT2D eigenvalue weighted by Gasteiger charge is 2.21. The second-order valence-corrected chi connectivity index (χ2v) is 8.43. The number of aromatic nitrogens is 3. The van der Waals surface area contributed by atoms with Crippen LogP contribution in [0.1, 0.15) is 19.4 Å². The van der Waals surface area contributed by atoms with Gasteiger partial charge in [0.2, 0.25) is 5.88 Å². The van der Waals surface area contributed by atoms with Crippen molar-refractivity contribution in [2.75, 3.05) is 7.11 Å². The minimum atomic E-state index is -0.759. The number of fused-ring (bicyclic) bond motifs is 2. The first-order valence-corrected chi connectivity index (χ1v) is 10.4. The molecule has 0 aliphatic heterocycles. The molecule has 0 radical (unpaired) electrons. The number of halogens is 2. The lowest BCUT2D eigenvalue weighted by Crippen LogP contribution is -2.25. The third-order valence-electron chi connectivity index (χ3n) is 4.73. The highest BCUT2D eigenvalue weighted by Crippen LogP contribution is 2.40. The van der Waals surface area contributed by atoms with Gasteiger partial charge in [0.15, 0.2) is 11.6 Å². The van der Waals surface area contributed by atoms with E-state index < -0.39 is 18.0 Å². The van der Waals surface area contributed by atoms with Gasteiger partial charge in [-0.05, 0) is 38.5 Å². The second kappa shape index (κ2) is 7.94. The third kappa shape index (κ3) is 3.66. The molecule has 2 heterocycles. The van der Waals surface area contributed by atoms with Crippen molar-refractivity contribution in [1.29, 1.82) is 0 Å². The maximum atomic E-state index is 14.8. The van der Waals surface area contributed by atoms with Crippen LogP contribution in [-0.2, 0) is 0 Å². The molecule has 2 atom stereocenters. The molecule has 2 aromatic heterocycles. The van der Waals surface area contributed by atoms with Crippen LogP contribution >= 0.6 is 22.9 Å². The number of hydrogen-bond donors (Lipinski definition) is 1. The van der Waals surface area contributed by atoms with Crippen LogP contribution in [0.15, 0.2) is 24.4 Å². The molecule has 0 fully saturated rings. The van der Waals surface area contributed by atoms with E-state index in [2.05, 4.69) is 15.0 Å². The molecule has 4 rings (SSSR count). The number of thiazole rings is 1. The molecule has 9 heteroatoms. The Morgan fingerprint density at radius 1 is 1.17 bits per heavy atom. The van der Waals surface area contributed by atoms with Crippen LogP contribution in [0.5, 0.6) is 11.6 Å². The second-order valence-electron chi connectivity index (χ2n) is 7.02. The molecule has 0 saturated heterocycles. The smallest absolute Gasteiger partial charge is 0.232 e. The molecule has 1 N–H and O–H groups in total. The molecule has 0 unspecified atom stereocenters. The molecular weight excluding hydrogens is 429 g/mol. The average Bonchev–Trinajstić information content (AvgIpc) is 3.14. The standard InChI is InChI=1S/C21H19ClFN3O3S/c1-9-5-12(19-13(6-9)25-16(28-4)8-24-19)21-26-20-15(30-21)7-14(18(23)17(20)22)29-11(3)10(2)27/h5-8,10-11,27H,1-4H3/t10-,11+/m1/s1. The van der Waals surface area contributed by atoms with Crippen LogP contribution in [0.2, 0.25) is 5.02 Å². The number of methoxy groups -OCH3 is 1. The third-order valence-corrected chi connectivity index (χ3v) is 6.11. The molecule has 0 aliphatic carbocycles. The Labute approximate surface area is 181 Å². The number of ether oxygens (including phenoxy) is 2. The van der Waals surface area contributed by atoms with Gasteiger partial charge in [0.1, 0.15) is 21.7 Å². The van der Waals surface area contributed by atoms with Crippen molar-refractivity contribution in [2.24, 2.45) is 0 Å². The summed E-state index contributed by atoms with van der Waals surface area (Å²) < 4.78 is 26.2. The van der Waals surface area contributed by atoms with Gasteiger partial charge in [0, 0.05) is 11.6 Å². The van der Waals surface area contributed by atoms with Gasteiger partial charge in [-0.25, -0.2) is 19.3 Å². The van der Waals surface area contributed by atoms with Crippen LogP contribution < -0.4 is 9.47 Å². The predicted molar refractivity (Wildman–Crippen MR) is 116 cm³/mol. The molecule has 0 saturated carbocycles. The topological polar surface area (TPSA) is 77.4 Å². The van der Waals surface area contributed by atoms with Crippen molar-refractivity contribution < 1.29 is 19.0 Å². The molecule has 156 valence electrons. The van der Waals surface area contributed by atoms with Gasteiger partial charge < -0.3 is 14.6 Å². The number of aliphatic hydroxyl groups is 1. The maximum Gasteiger partial charge on any atom is 0.232 e. The lowest BCUT2D eigenvalue weighted by atomic mass is 10.1. The number of hydrogen-bond acceptors (Lipinski definition) is 7. The van der Waals surface area contributed by atoms with E-state index in [4.69, 9.17) is 21.1 Å². The van der Waals surface area contributed by atoms with Crippen molar-refractivity contribution in [3.05, 3.63) is 40.8 Å². The van der Waals surface area contributed by atoms with Gasteiger partial charge in [-0.15, -0.1) is 11.3 Å². The Bertz CT molecular complexity index is 1260. The number of aliphatic hydroxyl groups excluding tert-OH is 1. The average molecular weight is 448 g/mol. The molecule has 0 amide bonds. The first kappa shape index (κ1) is 20.7. The molecule has 0 bridgehead atoms. The molecule has 6 nitrogen and oxygen atoms in total. The highest BCUT2D eigenvalue weighted by molar-refractivity contribution is 7.21. The van der Waals surface area contributed by atoms with Crippen LogP contribution in [0.4, 0.5) is 4.39 Å². The van der Waals surface area contributed by atoms with Gasteiger partial charge in [-0.3, -0.25) is 0 Å². The summed E-state index contributed by atoms with van der Waals surface area (Å²) in [6, 6.07) is 5.43. The number of benzene rings is 2. The minimum Gasteiger partial charge on any atom is -0.485 e. The van der Waals surface area contributed by atoms with Crippen LogP contribution in [-0.4, -0.2) is 39.4 Å². The summed E-state index contributed by atoms with van der Waals surface area (Å²) in [7, 11) is 1.54. The molecule has 30 heavy (non-hydrogen) atoms. The normalized spacial score (nSPS) is 13.6. The van der Waals surface area contributed by atoms with E-state index in [1.54, 1.807) is 26.1 Å². The minimum absolute atomic E-state index is 0.0188. The summed E-state index contributed by atoms with van der Waals surface area (Å²) in [5, 5.41) is 10.2. The number of nitrogens with zero attached hydrogens (tertiary/aromatic N) is 3. The van der Waals surface area contributed by atoms with Gasteiger partial charge in [-0.2, -0.15) is 0 Å². The first-order chi connectivity index (χ1) is 14.3. The lowest BCUT2D eigenvalue weighted by molar-refractivity contribution is 0.0580. The summed E-state index contributed by atoms with van der Waals surface area (Å²) in [6.45, 7) is 5.19. The van der Waals surface area contributed by atoms with Crippen molar-refractivity contribution in [2.45, 2.75) is 33.0 Å². The largest absolute Gasteiger partial charge is 0.485 e. The number of aryl methyl sites for hydroxylation is 1. The lowest BCUT2D eigenvalue weighted by Gasteiger charge is -2.17. The summed E-state index contributed by atoms with van der Waals surface area (Å²) in [6.07, 6.45) is 0.196. The predicted octanol–water partition coefficient (Wildman–Crippen LogP) is 5.16. The summed E-state index contributed by atoms with van der Waals surface area (Å²) in [5.41, 5.74) is 3.44. The Balaban J connectivity index is 1.87. The fourth-order valence-corrected chi connectivity index (χ4v) is 4.30. The molecule has 2 aromatic carbocycles. The summed E-state index contributed by atoms with van der Waals surface area (Å²) in [4.78, 5) is 13.5. The molecular formula is C21H19ClFN3O3S. The first-order valence-electron chi connectivity index (χ1n) is 9.23. The Morgan fingerprint density at radius 2 is 1.93 bits per heavy atom. The van der Waals surface area contributed by atoms with E-state index in [0.29, 0.717) is 32.1 Å². The van der Waals surface area contributed by atoms with Crippen LogP contribution in [0.3, 0.4) is 0 Å². The van der Waals surface area contributed by atoms with E-state index in [-0.39, 0.29) is 10.8 Å². The summed E-state index contributed by atoms with van der Waals surface area (Å²) in [5.74, 6) is -0.302. The van der Waals surface area contributed by atoms with Crippen molar-refractivity contribution >= 4 is 44.2 Å². The van der Waals surface area contributed by atoms with Gasteiger partial charge in [0.25, 0.3) is 0 Å². The SMILES string of the molecule is COc1cnc2c(-c3nc4c(Cl)c(F)c(O[C@@H](C)[C@@H](C)O)cc4s3)cc(C)cc2n1. The van der Waals surface area contributed by atoms with Gasteiger partial charge >= 0.3 is 0 Å². The number of rotatable bonds is 5. The van der Waals surface area contributed by atoms with Crippen molar-refractivity contribution in [3.63, 3.8) is 0 Å². The van der Waals surface area contributed by atoms with Crippen molar-refractivity contribution in [3.8, 4) is 22.2 Å². The maximum absolute atomic E-state index is 14.8. The zero-order valence-electron chi connectivity index (χ0n) is 16.7. The van der Waals surface area contributed by atoms with Gasteiger partial charge in [-0.1, -0.05) is 11.6 Å². The van der Waals surface area contributed by atoms with E-state index in [1.165, 1.54) is 18.4 Å². The zero-order chi connectivity index (χ0) is 21.6. The Hall–Kier alpha value is -2.55. The zero-order valence-corrected chi connectivity index (χ0v) is 18.3. The quantitative estimate of drug-likeness (QED) is 0.455. The van der Waals surface area contributed by atoms with Crippen molar-refractivity contribution in [1.82, 2.24) is 15.0 Å². The van der Waals surface area contributed by atoms with Crippen LogP contribution in [0.25, 0.3) is 31.8 Å². The highest BCUT2D eigenvalue weighted by atomic mass is 35.5. The molecule has 0 aliphatic rings. The molecule has 4 aromatic rings. The fourth-order valence-electron chi connectivity index (χ4n) is 2.99. The van der Waals surface area contributed by atoms with E-state index in [9.17, 15) is 9.50 Å². The van der Waals surface area contributed by atoms with E-state index in [0.717, 1.165) is 11.1 Å². The Kier molecular flexibility index (Phi) is 5.48. The summed E-state index contributed by atoms with van der Waals surface area (Å²) >= 11 is 7.62.